The lowest BCUT2D eigenvalue weighted by atomic mass is 10.3. The molecule has 0 atom stereocenters. The van der Waals surface area contributed by atoms with Gasteiger partial charge in [-0.15, -0.1) is 0 Å². The van der Waals surface area contributed by atoms with Crippen LogP contribution in [0.5, 0.6) is 0 Å². The number of benzene rings is 2. The Morgan fingerprint density at radius 1 is 0.762 bits per heavy atom. The van der Waals surface area contributed by atoms with Gasteiger partial charge in [-0.1, -0.05) is 0 Å². The van der Waals surface area contributed by atoms with Crippen LogP contribution >= 0.6 is 0 Å². The van der Waals surface area contributed by atoms with Crippen LogP contribution in [-0.4, -0.2) is 18.4 Å². The van der Waals surface area contributed by atoms with Gasteiger partial charge in [0, 0.05) is 0 Å². The molecule has 0 unspecified atom stereocenters. The Labute approximate surface area is 119 Å². The summed E-state index contributed by atoms with van der Waals surface area (Å²) < 4.78 is 35.5. The molecule has 2 aromatic heterocycles. The van der Waals surface area contributed by atoms with Gasteiger partial charge in [0.15, 0.2) is 24.0 Å². The number of rotatable bonds is 2. The third-order valence-corrected chi connectivity index (χ3v) is 4.97. The summed E-state index contributed by atoms with van der Waals surface area (Å²) in [6, 6.07) is 9.14. The minimum atomic E-state index is -3.64. The number of nitrogens with zero attached hydrogens (tertiary/aromatic N) is 2. The van der Waals surface area contributed by atoms with Crippen LogP contribution in [0.25, 0.3) is 22.2 Å². The predicted octanol–water partition coefficient (Wildman–Crippen LogP) is 2.80. The van der Waals surface area contributed by atoms with E-state index in [2.05, 4.69) is 9.97 Å². The monoisotopic (exact) mass is 300 g/mol. The highest BCUT2D eigenvalue weighted by molar-refractivity contribution is 7.91. The average molecular weight is 300 g/mol. The van der Waals surface area contributed by atoms with Crippen LogP contribution < -0.4 is 0 Å². The molecule has 0 bridgehead atoms. The molecule has 0 radical (unpaired) electrons. The summed E-state index contributed by atoms with van der Waals surface area (Å²) in [6.45, 7) is 0. The average Bonchev–Trinajstić information content (AvgIpc) is 3.14. The van der Waals surface area contributed by atoms with Gasteiger partial charge in [-0.3, -0.25) is 0 Å². The Kier molecular flexibility index (Phi) is 2.40. The van der Waals surface area contributed by atoms with Crippen molar-refractivity contribution >= 4 is 32.0 Å². The van der Waals surface area contributed by atoms with Crippen LogP contribution in [0.1, 0.15) is 0 Å². The molecule has 4 aromatic rings. The molecule has 4 rings (SSSR count). The Hall–Kier alpha value is -2.67. The molecule has 0 N–H and O–H groups in total. The zero-order valence-electron chi connectivity index (χ0n) is 10.6. The third-order valence-electron chi connectivity index (χ3n) is 3.22. The normalized spacial score (nSPS) is 12.2. The minimum Gasteiger partial charge on any atom is -0.443 e. The molecule has 0 saturated heterocycles. The maximum atomic E-state index is 12.6. The molecule has 0 saturated carbocycles. The summed E-state index contributed by atoms with van der Waals surface area (Å²) in [6.07, 6.45) is 2.56. The van der Waals surface area contributed by atoms with Crippen LogP contribution in [0.2, 0.25) is 0 Å². The van der Waals surface area contributed by atoms with Gasteiger partial charge in [0.25, 0.3) is 0 Å². The van der Waals surface area contributed by atoms with Gasteiger partial charge in [-0.2, -0.15) is 0 Å². The largest absolute Gasteiger partial charge is 0.443 e. The molecule has 0 fully saturated rings. The van der Waals surface area contributed by atoms with Crippen molar-refractivity contribution in [2.75, 3.05) is 0 Å². The van der Waals surface area contributed by atoms with Gasteiger partial charge in [-0.05, 0) is 36.4 Å². The highest BCUT2D eigenvalue weighted by atomic mass is 32.2. The standard InChI is InChI=1S/C14H8N2O4S/c17-21(18,9-1-3-13-11(5-9)15-7-19-13)10-2-4-14-12(6-10)16-8-20-14/h1-8H. The predicted molar refractivity (Wildman–Crippen MR) is 73.5 cm³/mol. The number of sulfone groups is 1. The molecule has 7 heteroatoms. The fraction of sp³-hybridized carbons (Fsp3) is 0. The van der Waals surface area contributed by atoms with Crippen LogP contribution in [0.3, 0.4) is 0 Å². The van der Waals surface area contributed by atoms with E-state index in [4.69, 9.17) is 8.83 Å². The van der Waals surface area contributed by atoms with Gasteiger partial charge >= 0.3 is 0 Å². The summed E-state index contributed by atoms with van der Waals surface area (Å²) in [5.41, 5.74) is 2.08. The van der Waals surface area contributed by atoms with Crippen molar-refractivity contribution in [3.8, 4) is 0 Å². The first-order valence-corrected chi connectivity index (χ1v) is 7.54. The topological polar surface area (TPSA) is 86.2 Å². The second kappa shape index (κ2) is 4.16. The number of fused-ring (bicyclic) bond motifs is 2. The molecule has 0 amide bonds. The van der Waals surface area contributed by atoms with E-state index in [1.165, 1.54) is 37.1 Å². The van der Waals surface area contributed by atoms with E-state index in [0.717, 1.165) is 0 Å². The zero-order valence-corrected chi connectivity index (χ0v) is 11.4. The molecular weight excluding hydrogens is 292 g/mol. The van der Waals surface area contributed by atoms with Crippen molar-refractivity contribution in [1.29, 1.82) is 0 Å². The second-order valence-corrected chi connectivity index (χ2v) is 6.42. The van der Waals surface area contributed by atoms with Crippen LogP contribution in [0, 0.1) is 0 Å². The molecule has 0 spiro atoms. The fourth-order valence-corrected chi connectivity index (χ4v) is 3.45. The van der Waals surface area contributed by atoms with E-state index in [-0.39, 0.29) is 9.79 Å². The van der Waals surface area contributed by atoms with Crippen molar-refractivity contribution in [3.05, 3.63) is 49.2 Å². The van der Waals surface area contributed by atoms with Crippen LogP contribution in [-0.2, 0) is 9.84 Å². The lowest BCUT2D eigenvalue weighted by Gasteiger charge is -2.04. The van der Waals surface area contributed by atoms with E-state index in [1.807, 2.05) is 0 Å². The van der Waals surface area contributed by atoms with Crippen molar-refractivity contribution < 1.29 is 17.3 Å². The van der Waals surface area contributed by atoms with Crippen molar-refractivity contribution in [1.82, 2.24) is 9.97 Å². The Morgan fingerprint density at radius 2 is 1.24 bits per heavy atom. The molecule has 2 aromatic carbocycles. The number of hydrogen-bond acceptors (Lipinski definition) is 6. The number of hydrogen-bond donors (Lipinski definition) is 0. The first-order valence-electron chi connectivity index (χ1n) is 6.06. The highest BCUT2D eigenvalue weighted by Gasteiger charge is 2.19. The Bertz CT molecular complexity index is 983. The maximum absolute atomic E-state index is 12.6. The first-order chi connectivity index (χ1) is 10.1. The summed E-state index contributed by atoms with van der Waals surface area (Å²) in [5, 5.41) is 0. The summed E-state index contributed by atoms with van der Waals surface area (Å²) in [7, 11) is -3.64. The van der Waals surface area contributed by atoms with Gasteiger partial charge in [-0.25, -0.2) is 18.4 Å². The smallest absolute Gasteiger partial charge is 0.206 e. The molecule has 0 aliphatic carbocycles. The summed E-state index contributed by atoms with van der Waals surface area (Å²) in [4.78, 5) is 8.26. The summed E-state index contributed by atoms with van der Waals surface area (Å²) in [5.74, 6) is 0. The van der Waals surface area contributed by atoms with E-state index in [9.17, 15) is 8.42 Å². The quantitative estimate of drug-likeness (QED) is 0.566. The summed E-state index contributed by atoms with van der Waals surface area (Å²) >= 11 is 0. The van der Waals surface area contributed by atoms with E-state index in [1.54, 1.807) is 12.1 Å². The molecule has 104 valence electrons. The van der Waals surface area contributed by atoms with Crippen molar-refractivity contribution in [2.24, 2.45) is 0 Å². The van der Waals surface area contributed by atoms with Crippen molar-refractivity contribution in [2.45, 2.75) is 9.79 Å². The molecule has 21 heavy (non-hydrogen) atoms. The lowest BCUT2D eigenvalue weighted by molar-refractivity contribution is 0.595. The third kappa shape index (κ3) is 1.82. The van der Waals surface area contributed by atoms with Crippen molar-refractivity contribution in [3.63, 3.8) is 0 Å². The maximum Gasteiger partial charge on any atom is 0.206 e. The molecule has 0 aliphatic rings. The van der Waals surface area contributed by atoms with Crippen LogP contribution in [0.15, 0.2) is 67.8 Å². The van der Waals surface area contributed by atoms with E-state index in [0.29, 0.717) is 22.2 Å². The first kappa shape index (κ1) is 12.1. The highest BCUT2D eigenvalue weighted by Crippen LogP contribution is 2.26. The minimum absolute atomic E-state index is 0.159. The van der Waals surface area contributed by atoms with E-state index >= 15 is 0 Å². The van der Waals surface area contributed by atoms with Gasteiger partial charge < -0.3 is 8.83 Å². The van der Waals surface area contributed by atoms with Crippen LogP contribution in [0.4, 0.5) is 0 Å². The Morgan fingerprint density at radius 3 is 1.71 bits per heavy atom. The Balaban J connectivity index is 1.91. The number of aromatic nitrogens is 2. The van der Waals surface area contributed by atoms with Gasteiger partial charge in [0.2, 0.25) is 9.84 Å². The molecule has 2 heterocycles. The molecular formula is C14H8N2O4S. The fourth-order valence-electron chi connectivity index (χ4n) is 2.15. The number of oxazole rings is 2. The van der Waals surface area contributed by atoms with Gasteiger partial charge in [0.05, 0.1) is 9.79 Å². The van der Waals surface area contributed by atoms with Gasteiger partial charge in [0.1, 0.15) is 11.0 Å². The molecule has 6 nitrogen and oxygen atoms in total. The molecule has 0 aliphatic heterocycles. The SMILES string of the molecule is O=S(=O)(c1ccc2ocnc2c1)c1ccc2ocnc2c1. The lowest BCUT2D eigenvalue weighted by Crippen LogP contribution is -2.01. The zero-order chi connectivity index (χ0) is 14.4. The van der Waals surface area contributed by atoms with E-state index < -0.39 is 9.84 Å². The second-order valence-electron chi connectivity index (χ2n) is 4.47.